The van der Waals surface area contributed by atoms with E-state index in [2.05, 4.69) is 4.90 Å². The third kappa shape index (κ3) is 2.90. The van der Waals surface area contributed by atoms with E-state index in [9.17, 15) is 5.11 Å². The van der Waals surface area contributed by atoms with Crippen LogP contribution in [0.1, 0.15) is 5.56 Å². The Kier molecular flexibility index (Phi) is 4.23. The van der Waals surface area contributed by atoms with Gasteiger partial charge in [-0.25, -0.2) is 0 Å². The van der Waals surface area contributed by atoms with Crippen LogP contribution >= 0.6 is 11.6 Å². The summed E-state index contributed by atoms with van der Waals surface area (Å²) in [6.45, 7) is 1.91. The van der Waals surface area contributed by atoms with Gasteiger partial charge in [-0.2, -0.15) is 0 Å². The Bertz CT molecular complexity index is 386. The van der Waals surface area contributed by atoms with Crippen molar-refractivity contribution in [2.75, 3.05) is 31.2 Å². The number of rotatable bonds is 3. The molecular weight excluding hydrogens is 242 g/mol. The van der Waals surface area contributed by atoms with E-state index >= 15 is 0 Å². The van der Waals surface area contributed by atoms with Crippen LogP contribution in [0.5, 0.6) is 0 Å². The first-order valence-corrected chi connectivity index (χ1v) is 5.99. The van der Waals surface area contributed by atoms with Crippen LogP contribution in [0.3, 0.4) is 0 Å². The topological polar surface area (TPSA) is 52.9 Å². The van der Waals surface area contributed by atoms with Crippen LogP contribution in [-0.4, -0.2) is 42.6 Å². The minimum atomic E-state index is -0.172. The summed E-state index contributed by atoms with van der Waals surface area (Å²) in [6.07, 6.45) is -0.172. The van der Waals surface area contributed by atoms with Crippen molar-refractivity contribution >= 4 is 17.3 Å². The molecule has 1 atom stereocenters. The predicted octanol–water partition coefficient (Wildman–Crippen LogP) is 1.03. The fourth-order valence-corrected chi connectivity index (χ4v) is 2.18. The Morgan fingerprint density at radius 1 is 1.41 bits per heavy atom. The van der Waals surface area contributed by atoms with E-state index < -0.39 is 0 Å². The van der Waals surface area contributed by atoms with Crippen LogP contribution in [0.15, 0.2) is 18.2 Å². The molecule has 17 heavy (non-hydrogen) atoms. The summed E-state index contributed by atoms with van der Waals surface area (Å²) < 4.78 is 5.40. The SMILES string of the molecule is OCc1ccc(Cl)cc1N1CCOC(CO)C1. The normalized spacial score (nSPS) is 20.6. The van der Waals surface area contributed by atoms with E-state index in [0.29, 0.717) is 18.2 Å². The number of ether oxygens (including phenoxy) is 1. The van der Waals surface area contributed by atoms with Gasteiger partial charge in [0.25, 0.3) is 0 Å². The lowest BCUT2D eigenvalue weighted by Crippen LogP contribution is -2.44. The highest BCUT2D eigenvalue weighted by molar-refractivity contribution is 6.30. The van der Waals surface area contributed by atoms with Crippen molar-refractivity contribution in [2.45, 2.75) is 12.7 Å². The average molecular weight is 258 g/mol. The number of anilines is 1. The van der Waals surface area contributed by atoms with Gasteiger partial charge in [-0.3, -0.25) is 0 Å². The zero-order valence-corrected chi connectivity index (χ0v) is 10.2. The van der Waals surface area contributed by atoms with Crippen molar-refractivity contribution in [1.29, 1.82) is 0 Å². The highest BCUT2D eigenvalue weighted by atomic mass is 35.5. The van der Waals surface area contributed by atoms with E-state index in [4.69, 9.17) is 21.4 Å². The molecule has 0 amide bonds. The second-order valence-corrected chi connectivity index (χ2v) is 4.49. The summed E-state index contributed by atoms with van der Waals surface area (Å²) in [4.78, 5) is 2.09. The van der Waals surface area contributed by atoms with Gasteiger partial charge < -0.3 is 19.8 Å². The summed E-state index contributed by atoms with van der Waals surface area (Å²) in [5.74, 6) is 0. The molecule has 0 radical (unpaired) electrons. The molecule has 0 spiro atoms. The first-order valence-electron chi connectivity index (χ1n) is 5.61. The van der Waals surface area contributed by atoms with Crippen molar-refractivity contribution in [1.82, 2.24) is 0 Å². The Morgan fingerprint density at radius 2 is 2.24 bits per heavy atom. The number of benzene rings is 1. The monoisotopic (exact) mass is 257 g/mol. The molecule has 1 aliphatic rings. The number of aliphatic hydroxyl groups excluding tert-OH is 2. The number of morpholine rings is 1. The van der Waals surface area contributed by atoms with Crippen LogP contribution in [0.2, 0.25) is 5.02 Å². The van der Waals surface area contributed by atoms with Crippen LogP contribution < -0.4 is 4.90 Å². The van der Waals surface area contributed by atoms with Crippen LogP contribution in [0, 0.1) is 0 Å². The first kappa shape index (κ1) is 12.6. The molecule has 5 heteroatoms. The largest absolute Gasteiger partial charge is 0.394 e. The lowest BCUT2D eigenvalue weighted by Gasteiger charge is -2.34. The molecule has 1 heterocycles. The molecule has 1 aliphatic heterocycles. The van der Waals surface area contributed by atoms with Gasteiger partial charge >= 0.3 is 0 Å². The van der Waals surface area contributed by atoms with Crippen molar-refractivity contribution < 1.29 is 14.9 Å². The molecular formula is C12H16ClNO3. The molecule has 0 aliphatic carbocycles. The van der Waals surface area contributed by atoms with E-state index in [-0.39, 0.29) is 19.3 Å². The molecule has 1 fully saturated rings. The summed E-state index contributed by atoms with van der Waals surface area (Å²) in [7, 11) is 0. The van der Waals surface area contributed by atoms with Gasteiger partial charge in [-0.15, -0.1) is 0 Å². The molecule has 0 aromatic heterocycles. The van der Waals surface area contributed by atoms with E-state index in [0.717, 1.165) is 17.8 Å². The maximum absolute atomic E-state index is 9.31. The lowest BCUT2D eigenvalue weighted by molar-refractivity contribution is 0.00348. The molecule has 1 aromatic carbocycles. The molecule has 1 unspecified atom stereocenters. The van der Waals surface area contributed by atoms with Crippen molar-refractivity contribution in [3.8, 4) is 0 Å². The molecule has 4 nitrogen and oxygen atoms in total. The van der Waals surface area contributed by atoms with Gasteiger partial charge in [0, 0.05) is 29.4 Å². The second-order valence-electron chi connectivity index (χ2n) is 4.05. The van der Waals surface area contributed by atoms with Gasteiger partial charge in [0.15, 0.2) is 0 Å². The maximum Gasteiger partial charge on any atom is 0.0980 e. The van der Waals surface area contributed by atoms with Crippen LogP contribution in [-0.2, 0) is 11.3 Å². The molecule has 1 aromatic rings. The second kappa shape index (κ2) is 5.69. The van der Waals surface area contributed by atoms with Crippen LogP contribution in [0.25, 0.3) is 0 Å². The number of halogens is 1. The molecule has 1 saturated heterocycles. The van der Waals surface area contributed by atoms with Gasteiger partial charge in [0.1, 0.15) is 0 Å². The first-order chi connectivity index (χ1) is 8.24. The predicted molar refractivity (Wildman–Crippen MR) is 66.4 cm³/mol. The number of nitrogens with zero attached hydrogens (tertiary/aromatic N) is 1. The smallest absolute Gasteiger partial charge is 0.0980 e. The fraction of sp³-hybridized carbons (Fsp3) is 0.500. The number of hydrogen-bond acceptors (Lipinski definition) is 4. The van der Waals surface area contributed by atoms with Crippen molar-refractivity contribution in [2.24, 2.45) is 0 Å². The number of aliphatic hydroxyl groups is 2. The van der Waals surface area contributed by atoms with Gasteiger partial charge in [0.2, 0.25) is 0 Å². The zero-order chi connectivity index (χ0) is 12.3. The van der Waals surface area contributed by atoms with E-state index in [1.807, 2.05) is 12.1 Å². The standard InChI is InChI=1S/C12H16ClNO3/c13-10-2-1-9(7-15)12(5-10)14-3-4-17-11(6-14)8-16/h1-2,5,11,15-16H,3-4,6-8H2. The van der Waals surface area contributed by atoms with Gasteiger partial charge in [-0.1, -0.05) is 17.7 Å². The highest BCUT2D eigenvalue weighted by Gasteiger charge is 2.21. The van der Waals surface area contributed by atoms with E-state index in [1.165, 1.54) is 0 Å². The Labute approximate surface area is 105 Å². The molecule has 0 bridgehead atoms. The molecule has 2 N–H and O–H groups in total. The zero-order valence-electron chi connectivity index (χ0n) is 9.47. The highest BCUT2D eigenvalue weighted by Crippen LogP contribution is 2.26. The van der Waals surface area contributed by atoms with Crippen molar-refractivity contribution in [3.05, 3.63) is 28.8 Å². The minimum Gasteiger partial charge on any atom is -0.394 e. The Balaban J connectivity index is 2.22. The third-order valence-corrected chi connectivity index (χ3v) is 3.14. The molecule has 2 rings (SSSR count). The quantitative estimate of drug-likeness (QED) is 0.849. The average Bonchev–Trinajstić information content (AvgIpc) is 2.39. The van der Waals surface area contributed by atoms with Crippen molar-refractivity contribution in [3.63, 3.8) is 0 Å². The Morgan fingerprint density at radius 3 is 2.94 bits per heavy atom. The van der Waals surface area contributed by atoms with E-state index in [1.54, 1.807) is 6.07 Å². The molecule has 0 saturated carbocycles. The summed E-state index contributed by atoms with van der Waals surface area (Å²) in [5.41, 5.74) is 1.76. The number of hydrogen-bond donors (Lipinski definition) is 2. The lowest BCUT2D eigenvalue weighted by atomic mass is 10.1. The summed E-state index contributed by atoms with van der Waals surface area (Å²) in [5, 5.41) is 19.1. The summed E-state index contributed by atoms with van der Waals surface area (Å²) >= 11 is 5.97. The van der Waals surface area contributed by atoms with Gasteiger partial charge in [0.05, 0.1) is 25.9 Å². The fourth-order valence-electron chi connectivity index (χ4n) is 2.01. The molecule has 94 valence electrons. The summed E-state index contributed by atoms with van der Waals surface area (Å²) in [6, 6.07) is 5.43. The Hall–Kier alpha value is -0.810. The van der Waals surface area contributed by atoms with Gasteiger partial charge in [-0.05, 0) is 12.1 Å². The third-order valence-electron chi connectivity index (χ3n) is 2.90. The maximum atomic E-state index is 9.31. The minimum absolute atomic E-state index is 0.00548. The van der Waals surface area contributed by atoms with Crippen LogP contribution in [0.4, 0.5) is 5.69 Å².